The molecule has 1 aliphatic heterocycles. The van der Waals surface area contributed by atoms with Crippen molar-refractivity contribution in [2.45, 2.75) is 176 Å². The number of hydrogen-bond donors (Lipinski definition) is 1. The van der Waals surface area contributed by atoms with Gasteiger partial charge in [0.25, 0.3) is 0 Å². The fourth-order valence-corrected chi connectivity index (χ4v) is 12.3. The van der Waals surface area contributed by atoms with Gasteiger partial charge in [-0.1, -0.05) is 75.7 Å². The number of amides is 2. The van der Waals surface area contributed by atoms with Crippen LogP contribution in [0.2, 0.25) is 16.6 Å². The van der Waals surface area contributed by atoms with Crippen LogP contribution in [0.25, 0.3) is 0 Å². The molecule has 0 spiro atoms. The van der Waals surface area contributed by atoms with E-state index in [0.29, 0.717) is 36.2 Å². The third kappa shape index (κ3) is 10.5. The number of nitrogens with one attached hydrogen (secondary N) is 1. The predicted octanol–water partition coefficient (Wildman–Crippen LogP) is 8.67. The first kappa shape index (κ1) is 37.9. The summed E-state index contributed by atoms with van der Waals surface area (Å²) in [7, 11) is -1.97. The van der Waals surface area contributed by atoms with Crippen LogP contribution in [0.1, 0.15) is 136 Å². The Morgan fingerprint density at radius 2 is 1.51 bits per heavy atom. The van der Waals surface area contributed by atoms with Gasteiger partial charge in [0.2, 0.25) is 5.91 Å². The lowest BCUT2D eigenvalue weighted by Crippen LogP contribution is -2.51. The molecule has 1 fully saturated rings. The van der Waals surface area contributed by atoms with Crippen molar-refractivity contribution in [2.75, 3.05) is 13.2 Å². The molecule has 41 heavy (non-hydrogen) atoms. The van der Waals surface area contributed by atoms with Crippen molar-refractivity contribution >= 4 is 20.3 Å². The van der Waals surface area contributed by atoms with Crippen molar-refractivity contribution in [3.8, 4) is 0 Å². The lowest BCUT2D eigenvalue weighted by atomic mass is 9.80. The summed E-state index contributed by atoms with van der Waals surface area (Å²) >= 11 is 0. The summed E-state index contributed by atoms with van der Waals surface area (Å²) in [6.45, 7) is 33.4. The summed E-state index contributed by atoms with van der Waals surface area (Å²) in [5.41, 5.74) is 0.0109. The van der Waals surface area contributed by atoms with Crippen LogP contribution in [0.5, 0.6) is 0 Å². The van der Waals surface area contributed by atoms with Gasteiger partial charge in [-0.2, -0.15) is 0 Å². The van der Waals surface area contributed by atoms with Crippen molar-refractivity contribution in [3.63, 3.8) is 0 Å². The zero-order valence-corrected chi connectivity index (χ0v) is 30.4. The van der Waals surface area contributed by atoms with E-state index in [4.69, 9.17) is 13.9 Å². The Kier molecular flexibility index (Phi) is 13.9. The Hall–Kier alpha value is -1.12. The molecule has 8 heteroatoms. The molecule has 242 valence electrons. The van der Waals surface area contributed by atoms with Gasteiger partial charge in [0.1, 0.15) is 11.3 Å². The molecule has 1 aliphatic rings. The Morgan fingerprint density at radius 3 is 1.98 bits per heavy atom. The van der Waals surface area contributed by atoms with Gasteiger partial charge < -0.3 is 19.2 Å². The zero-order valence-electron chi connectivity index (χ0n) is 29.4. The highest BCUT2D eigenvalue weighted by molar-refractivity contribution is 6.77. The minimum atomic E-state index is -1.97. The fourth-order valence-electron chi connectivity index (χ4n) is 6.86. The summed E-state index contributed by atoms with van der Waals surface area (Å²) in [6, 6.07) is -0.219. The van der Waals surface area contributed by atoms with Gasteiger partial charge in [-0.05, 0) is 82.3 Å². The number of nitrogens with zero attached hydrogens (tertiary/aromatic N) is 1. The molecular formula is C33H66N2O5Si. The standard InChI is InChI=1S/C33H66N2O5Si/c1-16-17-19-34-29(36)26(8)21-28-27(35(33(14,15)39-28)30(37)40-31(9,10)11)22-32(12,13)18-20-38-41(23(2)3,24(4)5)25(6)7/h23-28H,16-22H2,1-15H3,(H,34,36)/t26?,27-,28-/m0/s1. The predicted molar refractivity (Wildman–Crippen MR) is 173 cm³/mol. The average molecular weight is 599 g/mol. The zero-order chi connectivity index (χ0) is 32.0. The van der Waals surface area contributed by atoms with Crippen LogP contribution in [0.3, 0.4) is 0 Å². The van der Waals surface area contributed by atoms with E-state index in [1.54, 1.807) is 4.90 Å². The minimum absolute atomic E-state index is 0.0411. The first-order chi connectivity index (χ1) is 18.6. The second kappa shape index (κ2) is 15.0. The van der Waals surface area contributed by atoms with Crippen molar-refractivity contribution < 1.29 is 23.5 Å². The highest BCUT2D eigenvalue weighted by Crippen LogP contribution is 2.45. The van der Waals surface area contributed by atoms with Gasteiger partial charge in [0.15, 0.2) is 8.32 Å². The highest BCUT2D eigenvalue weighted by atomic mass is 28.4. The number of unbranched alkanes of at least 4 members (excludes halogenated alkanes) is 1. The molecule has 0 radical (unpaired) electrons. The van der Waals surface area contributed by atoms with E-state index in [1.165, 1.54) is 0 Å². The van der Waals surface area contributed by atoms with Crippen molar-refractivity contribution in [1.29, 1.82) is 0 Å². The summed E-state index contributed by atoms with van der Waals surface area (Å²) in [5, 5.41) is 3.06. The van der Waals surface area contributed by atoms with Gasteiger partial charge in [-0.25, -0.2) is 4.79 Å². The number of rotatable bonds is 15. The molecule has 3 atom stereocenters. The van der Waals surface area contributed by atoms with Gasteiger partial charge in [-0.3, -0.25) is 9.69 Å². The maximum atomic E-state index is 13.6. The van der Waals surface area contributed by atoms with Gasteiger partial charge in [0.05, 0.1) is 12.1 Å². The van der Waals surface area contributed by atoms with Gasteiger partial charge >= 0.3 is 6.09 Å². The Bertz CT molecular complexity index is 812. The lowest BCUT2D eigenvalue weighted by Gasteiger charge is -2.43. The monoisotopic (exact) mass is 598 g/mol. The van der Waals surface area contributed by atoms with E-state index >= 15 is 0 Å². The third-order valence-corrected chi connectivity index (χ3v) is 15.0. The van der Waals surface area contributed by atoms with Crippen LogP contribution in [0.4, 0.5) is 4.79 Å². The molecule has 0 aromatic carbocycles. The molecule has 1 saturated heterocycles. The molecule has 2 amide bonds. The summed E-state index contributed by atoms with van der Waals surface area (Å²) in [6.07, 6.45) is 3.51. The molecule has 1 heterocycles. The summed E-state index contributed by atoms with van der Waals surface area (Å²) < 4.78 is 19.4. The third-order valence-electron chi connectivity index (χ3n) is 8.83. The molecule has 1 rings (SSSR count). The molecule has 7 nitrogen and oxygen atoms in total. The number of ether oxygens (including phenoxy) is 2. The summed E-state index contributed by atoms with van der Waals surface area (Å²) in [5.74, 6) is -0.186. The molecule has 0 bridgehead atoms. The van der Waals surface area contributed by atoms with E-state index in [0.717, 1.165) is 25.7 Å². The van der Waals surface area contributed by atoms with Crippen LogP contribution >= 0.6 is 0 Å². The van der Waals surface area contributed by atoms with Crippen LogP contribution in [-0.4, -0.2) is 61.8 Å². The van der Waals surface area contributed by atoms with E-state index in [9.17, 15) is 9.59 Å². The van der Waals surface area contributed by atoms with Gasteiger partial charge in [-0.15, -0.1) is 0 Å². The molecule has 1 unspecified atom stereocenters. The Morgan fingerprint density at radius 1 is 0.976 bits per heavy atom. The van der Waals surface area contributed by atoms with Crippen LogP contribution in [0.15, 0.2) is 0 Å². The minimum Gasteiger partial charge on any atom is -0.444 e. The van der Waals surface area contributed by atoms with Crippen molar-refractivity contribution in [3.05, 3.63) is 0 Å². The van der Waals surface area contributed by atoms with E-state index < -0.39 is 19.6 Å². The second-order valence-electron chi connectivity index (χ2n) is 15.6. The quantitative estimate of drug-likeness (QED) is 0.151. The molecule has 1 N–H and O–H groups in total. The van der Waals surface area contributed by atoms with E-state index in [2.05, 4.69) is 67.6 Å². The fraction of sp³-hybridized carbons (Fsp3) is 0.939. The maximum Gasteiger partial charge on any atom is 0.412 e. The molecule has 0 aromatic heterocycles. The second-order valence-corrected chi connectivity index (χ2v) is 21.0. The van der Waals surface area contributed by atoms with Crippen molar-refractivity contribution in [1.82, 2.24) is 10.2 Å². The first-order valence-corrected chi connectivity index (χ1v) is 18.4. The largest absolute Gasteiger partial charge is 0.444 e. The SMILES string of the molecule is CCCCNC(=O)C(C)C[C@@H]1OC(C)(C)N(C(=O)OC(C)(C)C)[C@H]1CC(C)(C)CCO[Si](C(C)C)(C(C)C)C(C)C. The summed E-state index contributed by atoms with van der Waals surface area (Å²) in [4.78, 5) is 28.3. The smallest absolute Gasteiger partial charge is 0.412 e. The van der Waals surface area contributed by atoms with Crippen molar-refractivity contribution in [2.24, 2.45) is 11.3 Å². The first-order valence-electron chi connectivity index (χ1n) is 16.2. The highest BCUT2D eigenvalue weighted by Gasteiger charge is 2.53. The Labute approximate surface area is 254 Å². The lowest BCUT2D eigenvalue weighted by molar-refractivity contribution is -0.126. The molecule has 0 saturated carbocycles. The average Bonchev–Trinajstić information content (AvgIpc) is 3.02. The van der Waals surface area contributed by atoms with Gasteiger partial charge in [0, 0.05) is 19.1 Å². The van der Waals surface area contributed by atoms with Crippen LogP contribution in [-0.2, 0) is 18.7 Å². The Balaban J connectivity index is 3.23. The number of carbonyl (C=O) groups is 2. The van der Waals surface area contributed by atoms with E-state index in [-0.39, 0.29) is 35.5 Å². The maximum absolute atomic E-state index is 13.6. The number of carbonyl (C=O) groups excluding carboxylic acids is 2. The normalized spacial score (nSPS) is 20.7. The number of hydrogen-bond acceptors (Lipinski definition) is 5. The molecular weight excluding hydrogens is 532 g/mol. The topological polar surface area (TPSA) is 77.1 Å². The van der Waals surface area contributed by atoms with Crippen LogP contribution < -0.4 is 5.32 Å². The van der Waals surface area contributed by atoms with Crippen LogP contribution in [0, 0.1) is 11.3 Å². The molecule has 0 aromatic rings. The van der Waals surface area contributed by atoms with E-state index in [1.807, 2.05) is 41.5 Å². The molecule has 0 aliphatic carbocycles.